The van der Waals surface area contributed by atoms with Crippen LogP contribution in [0.5, 0.6) is 0 Å². The van der Waals surface area contributed by atoms with Crippen LogP contribution in [0.15, 0.2) is 21.5 Å². The Morgan fingerprint density at radius 3 is 2.75 bits per heavy atom. The van der Waals surface area contributed by atoms with Gasteiger partial charge in [0.2, 0.25) is 0 Å². The largest absolute Gasteiger partial charge is 0.433 e. The van der Waals surface area contributed by atoms with Crippen LogP contribution < -0.4 is 0 Å². The summed E-state index contributed by atoms with van der Waals surface area (Å²) in [5.74, 6) is -0.628. The molecule has 0 spiro atoms. The van der Waals surface area contributed by atoms with E-state index in [0.717, 1.165) is 11.8 Å². The monoisotopic (exact) mass is 296 g/mol. The number of carbonyl (C=O) groups excluding carboxylic acids is 2. The smallest absolute Gasteiger partial charge is 0.401 e. The lowest BCUT2D eigenvalue weighted by Gasteiger charge is -2.19. The Bertz CT molecular complexity index is 607. The van der Waals surface area contributed by atoms with E-state index in [9.17, 15) is 19.7 Å². The van der Waals surface area contributed by atoms with Gasteiger partial charge in [0.25, 0.3) is 11.1 Å². The standard InChI is InChI=1S/C12H12N2O5S/c1-3-7(2)13-11(15)9(20-12(13)16)6-8-4-5-10(19-8)14(17)18/h4-7H,3H2,1-2H3/b9-6+/t7-/m0/s1. The SMILES string of the molecule is CC[C@H](C)N1C(=O)S/C(=C/c2ccc([N+](=O)[O-])o2)C1=O. The van der Waals surface area contributed by atoms with Crippen molar-refractivity contribution in [2.24, 2.45) is 0 Å². The molecule has 2 rings (SSSR count). The molecular weight excluding hydrogens is 284 g/mol. The number of amides is 2. The summed E-state index contributed by atoms with van der Waals surface area (Å²) >= 11 is 0.807. The molecule has 0 aromatic carbocycles. The number of nitro groups is 1. The molecule has 106 valence electrons. The van der Waals surface area contributed by atoms with Crippen LogP contribution in [-0.4, -0.2) is 27.0 Å². The molecule has 0 N–H and O–H groups in total. The number of nitrogens with zero attached hydrogens (tertiary/aromatic N) is 2. The van der Waals surface area contributed by atoms with E-state index in [1.54, 1.807) is 6.92 Å². The van der Waals surface area contributed by atoms with Crippen LogP contribution in [0.3, 0.4) is 0 Å². The van der Waals surface area contributed by atoms with Gasteiger partial charge in [-0.1, -0.05) is 6.92 Å². The highest BCUT2D eigenvalue weighted by molar-refractivity contribution is 8.18. The molecule has 1 aliphatic rings. The van der Waals surface area contributed by atoms with Crippen molar-refractivity contribution < 1.29 is 18.9 Å². The van der Waals surface area contributed by atoms with Gasteiger partial charge in [0, 0.05) is 12.1 Å². The van der Waals surface area contributed by atoms with Gasteiger partial charge in [0.05, 0.1) is 11.0 Å². The zero-order valence-corrected chi connectivity index (χ0v) is 11.7. The first-order valence-electron chi connectivity index (χ1n) is 5.95. The molecular formula is C12H12N2O5S. The molecule has 7 nitrogen and oxygen atoms in total. The Labute approximate surface area is 118 Å². The maximum Gasteiger partial charge on any atom is 0.433 e. The number of thioether (sulfide) groups is 1. The summed E-state index contributed by atoms with van der Waals surface area (Å²) in [6.07, 6.45) is 2.01. The average Bonchev–Trinajstić information content (AvgIpc) is 2.96. The van der Waals surface area contributed by atoms with E-state index in [2.05, 4.69) is 0 Å². The van der Waals surface area contributed by atoms with Gasteiger partial charge < -0.3 is 4.42 Å². The summed E-state index contributed by atoms with van der Waals surface area (Å²) in [4.78, 5) is 35.1. The number of hydrogen-bond acceptors (Lipinski definition) is 6. The third kappa shape index (κ3) is 2.60. The molecule has 1 aliphatic heterocycles. The molecule has 8 heteroatoms. The fraction of sp³-hybridized carbons (Fsp3) is 0.333. The molecule has 0 aliphatic carbocycles. The summed E-state index contributed by atoms with van der Waals surface area (Å²) in [6.45, 7) is 3.67. The Morgan fingerprint density at radius 2 is 2.20 bits per heavy atom. The number of hydrogen-bond donors (Lipinski definition) is 0. The molecule has 0 radical (unpaired) electrons. The maximum atomic E-state index is 12.1. The second-order valence-corrected chi connectivity index (χ2v) is 5.24. The van der Waals surface area contributed by atoms with Gasteiger partial charge in [-0.25, -0.2) is 0 Å². The topological polar surface area (TPSA) is 93.7 Å². The zero-order chi connectivity index (χ0) is 14.9. The van der Waals surface area contributed by atoms with Crippen molar-refractivity contribution in [3.05, 3.63) is 32.9 Å². The normalized spacial score (nSPS) is 18.9. The zero-order valence-electron chi connectivity index (χ0n) is 10.9. The van der Waals surface area contributed by atoms with E-state index >= 15 is 0 Å². The second kappa shape index (κ2) is 5.49. The van der Waals surface area contributed by atoms with Crippen molar-refractivity contribution in [1.82, 2.24) is 4.90 Å². The number of furan rings is 1. The van der Waals surface area contributed by atoms with Gasteiger partial charge in [0.15, 0.2) is 0 Å². The second-order valence-electron chi connectivity index (χ2n) is 4.24. The highest BCUT2D eigenvalue weighted by atomic mass is 32.2. The van der Waals surface area contributed by atoms with Gasteiger partial charge in [-0.3, -0.25) is 24.6 Å². The lowest BCUT2D eigenvalue weighted by atomic mass is 10.2. The van der Waals surface area contributed by atoms with Crippen LogP contribution >= 0.6 is 11.8 Å². The quantitative estimate of drug-likeness (QED) is 0.481. The third-order valence-corrected chi connectivity index (χ3v) is 3.80. The maximum absolute atomic E-state index is 12.1. The highest BCUT2D eigenvalue weighted by Gasteiger charge is 2.37. The van der Waals surface area contributed by atoms with Gasteiger partial charge in [-0.2, -0.15) is 0 Å². The Kier molecular flexibility index (Phi) is 3.93. The van der Waals surface area contributed by atoms with Crippen molar-refractivity contribution in [3.8, 4) is 0 Å². The number of imide groups is 1. The molecule has 1 saturated heterocycles. The average molecular weight is 296 g/mol. The van der Waals surface area contributed by atoms with Gasteiger partial charge in [0.1, 0.15) is 10.7 Å². The molecule has 20 heavy (non-hydrogen) atoms. The minimum atomic E-state index is -0.664. The van der Waals surface area contributed by atoms with Crippen LogP contribution in [0, 0.1) is 10.1 Å². The van der Waals surface area contributed by atoms with Crippen molar-refractivity contribution in [1.29, 1.82) is 0 Å². The van der Waals surface area contributed by atoms with E-state index in [4.69, 9.17) is 4.42 Å². The first-order valence-corrected chi connectivity index (χ1v) is 6.77. The van der Waals surface area contributed by atoms with Crippen LogP contribution in [0.1, 0.15) is 26.0 Å². The molecule has 0 saturated carbocycles. The fourth-order valence-corrected chi connectivity index (χ4v) is 2.60. The minimum absolute atomic E-state index is 0.173. The van der Waals surface area contributed by atoms with Gasteiger partial charge in [-0.05, 0) is 31.2 Å². The summed E-state index contributed by atoms with van der Waals surface area (Å²) < 4.78 is 4.94. The van der Waals surface area contributed by atoms with E-state index in [1.165, 1.54) is 23.1 Å². The Morgan fingerprint density at radius 1 is 1.50 bits per heavy atom. The van der Waals surface area contributed by atoms with Crippen molar-refractivity contribution in [2.45, 2.75) is 26.3 Å². The first kappa shape index (κ1) is 14.3. The summed E-state index contributed by atoms with van der Waals surface area (Å²) in [6, 6.07) is 2.40. The number of rotatable bonds is 4. The summed E-state index contributed by atoms with van der Waals surface area (Å²) in [5, 5.41) is 10.2. The Balaban J connectivity index is 2.25. The van der Waals surface area contributed by atoms with Crippen molar-refractivity contribution in [3.63, 3.8) is 0 Å². The van der Waals surface area contributed by atoms with Crippen molar-refractivity contribution >= 4 is 34.9 Å². The number of carbonyl (C=O) groups is 2. The van der Waals surface area contributed by atoms with Gasteiger partial charge in [-0.15, -0.1) is 0 Å². The molecule has 2 heterocycles. The van der Waals surface area contributed by atoms with Crippen LogP contribution in [0.25, 0.3) is 6.08 Å². The predicted octanol–water partition coefficient (Wildman–Crippen LogP) is 3.02. The van der Waals surface area contributed by atoms with E-state index < -0.39 is 16.7 Å². The summed E-state index contributed by atoms with van der Waals surface area (Å²) in [7, 11) is 0. The highest BCUT2D eigenvalue weighted by Crippen LogP contribution is 2.34. The summed E-state index contributed by atoms with van der Waals surface area (Å²) in [5.41, 5.74) is 0. The van der Waals surface area contributed by atoms with Gasteiger partial charge >= 0.3 is 5.88 Å². The minimum Gasteiger partial charge on any atom is -0.401 e. The van der Waals surface area contributed by atoms with E-state index in [-0.39, 0.29) is 21.9 Å². The lowest BCUT2D eigenvalue weighted by molar-refractivity contribution is -0.402. The first-order chi connectivity index (χ1) is 9.43. The van der Waals surface area contributed by atoms with Crippen LogP contribution in [0.4, 0.5) is 10.7 Å². The van der Waals surface area contributed by atoms with Crippen LogP contribution in [-0.2, 0) is 4.79 Å². The van der Waals surface area contributed by atoms with Crippen LogP contribution in [0.2, 0.25) is 0 Å². The molecule has 0 unspecified atom stereocenters. The molecule has 0 bridgehead atoms. The molecule has 1 fully saturated rings. The molecule has 1 aromatic heterocycles. The third-order valence-electron chi connectivity index (χ3n) is 2.92. The molecule has 1 aromatic rings. The fourth-order valence-electron chi connectivity index (χ4n) is 1.69. The van der Waals surface area contributed by atoms with E-state index in [0.29, 0.717) is 6.42 Å². The lowest BCUT2D eigenvalue weighted by Crippen LogP contribution is -2.36. The Hall–Kier alpha value is -2.09. The predicted molar refractivity (Wildman–Crippen MR) is 72.9 cm³/mol. The molecule has 1 atom stereocenters. The van der Waals surface area contributed by atoms with Crippen molar-refractivity contribution in [2.75, 3.05) is 0 Å². The van der Waals surface area contributed by atoms with E-state index in [1.807, 2.05) is 6.92 Å². The molecule has 2 amide bonds.